The number of nitrogens with one attached hydrogen (secondary N) is 1. The second-order valence-corrected chi connectivity index (χ2v) is 4.12. The Labute approximate surface area is 91.1 Å². The minimum atomic E-state index is -4.11. The van der Waals surface area contributed by atoms with Crippen LogP contribution in [-0.2, 0) is 0 Å². The first kappa shape index (κ1) is 12.4. The zero-order chi connectivity index (χ0) is 11.1. The van der Waals surface area contributed by atoms with E-state index in [9.17, 15) is 13.2 Å². The maximum absolute atomic E-state index is 11.7. The molecule has 1 aromatic carbocycles. The summed E-state index contributed by atoms with van der Waals surface area (Å²) < 4.78 is 35.2. The Hall–Kier alpha value is -0.680. The molecule has 0 bridgehead atoms. The Morgan fingerprint density at radius 2 is 1.80 bits per heavy atom. The SMILES string of the molecule is FC(F)(F)CNCCSc1ccccc1. The number of alkyl halides is 3. The van der Waals surface area contributed by atoms with E-state index in [1.54, 1.807) is 11.8 Å². The lowest BCUT2D eigenvalue weighted by Gasteiger charge is -2.07. The highest BCUT2D eigenvalue weighted by atomic mass is 32.2. The molecule has 0 fully saturated rings. The molecular formula is C10H12F3NS. The minimum absolute atomic E-state index is 0.360. The van der Waals surface area contributed by atoms with E-state index in [4.69, 9.17) is 0 Å². The Balaban J connectivity index is 2.08. The third-order valence-corrected chi connectivity index (χ3v) is 2.63. The molecule has 1 nitrogen and oxygen atoms in total. The fraction of sp³-hybridized carbons (Fsp3) is 0.400. The Morgan fingerprint density at radius 1 is 1.13 bits per heavy atom. The maximum atomic E-state index is 11.7. The largest absolute Gasteiger partial charge is 0.401 e. The van der Waals surface area contributed by atoms with Gasteiger partial charge in [-0.2, -0.15) is 13.2 Å². The summed E-state index contributed by atoms with van der Waals surface area (Å²) in [5.74, 6) is 0.639. The summed E-state index contributed by atoms with van der Waals surface area (Å²) in [4.78, 5) is 1.08. The van der Waals surface area contributed by atoms with Gasteiger partial charge >= 0.3 is 6.18 Å². The molecule has 0 aliphatic heterocycles. The van der Waals surface area contributed by atoms with Crippen LogP contribution in [0.3, 0.4) is 0 Å². The third-order valence-electron chi connectivity index (χ3n) is 1.62. The van der Waals surface area contributed by atoms with Crippen molar-refractivity contribution in [1.82, 2.24) is 5.32 Å². The summed E-state index contributed by atoms with van der Waals surface area (Å²) in [6.07, 6.45) is -4.11. The molecule has 0 spiro atoms. The third kappa shape index (κ3) is 6.41. The van der Waals surface area contributed by atoms with Crippen LogP contribution in [0.25, 0.3) is 0 Å². The van der Waals surface area contributed by atoms with Crippen molar-refractivity contribution in [1.29, 1.82) is 0 Å². The Morgan fingerprint density at radius 3 is 2.40 bits per heavy atom. The molecule has 0 saturated heterocycles. The van der Waals surface area contributed by atoms with Gasteiger partial charge in [0.25, 0.3) is 0 Å². The summed E-state index contributed by atoms with van der Waals surface area (Å²) in [5.41, 5.74) is 0. The van der Waals surface area contributed by atoms with Gasteiger partial charge in [0.1, 0.15) is 0 Å². The summed E-state index contributed by atoms with van der Waals surface area (Å²) in [6.45, 7) is -0.554. The van der Waals surface area contributed by atoms with Crippen molar-refractivity contribution in [3.05, 3.63) is 30.3 Å². The van der Waals surface area contributed by atoms with Crippen molar-refractivity contribution in [3.8, 4) is 0 Å². The molecular weight excluding hydrogens is 223 g/mol. The minimum Gasteiger partial charge on any atom is -0.308 e. The molecule has 0 amide bonds. The van der Waals surface area contributed by atoms with Crippen molar-refractivity contribution in [2.45, 2.75) is 11.1 Å². The van der Waals surface area contributed by atoms with Gasteiger partial charge in [-0.05, 0) is 12.1 Å². The molecule has 1 N–H and O–H groups in total. The van der Waals surface area contributed by atoms with E-state index in [1.165, 1.54) is 0 Å². The van der Waals surface area contributed by atoms with E-state index >= 15 is 0 Å². The molecule has 0 aliphatic carbocycles. The lowest BCUT2D eigenvalue weighted by atomic mass is 10.4. The molecule has 15 heavy (non-hydrogen) atoms. The number of hydrogen-bond donors (Lipinski definition) is 1. The average Bonchev–Trinajstić information content (AvgIpc) is 2.17. The van der Waals surface area contributed by atoms with Gasteiger partial charge in [0.2, 0.25) is 0 Å². The predicted molar refractivity (Wildman–Crippen MR) is 56.1 cm³/mol. The first-order valence-electron chi connectivity index (χ1n) is 4.53. The first-order valence-corrected chi connectivity index (χ1v) is 5.52. The molecule has 0 radical (unpaired) electrons. The van der Waals surface area contributed by atoms with Gasteiger partial charge in [0.05, 0.1) is 6.54 Å². The molecule has 84 valence electrons. The quantitative estimate of drug-likeness (QED) is 0.622. The van der Waals surface area contributed by atoms with Crippen LogP contribution < -0.4 is 5.32 Å². The lowest BCUT2D eigenvalue weighted by Crippen LogP contribution is -2.30. The number of halogens is 3. The highest BCUT2D eigenvalue weighted by molar-refractivity contribution is 7.99. The van der Waals surface area contributed by atoms with Crippen molar-refractivity contribution < 1.29 is 13.2 Å². The van der Waals surface area contributed by atoms with E-state index in [2.05, 4.69) is 5.32 Å². The molecule has 0 atom stereocenters. The van der Waals surface area contributed by atoms with Crippen LogP contribution in [0.4, 0.5) is 13.2 Å². The van der Waals surface area contributed by atoms with E-state index in [1.807, 2.05) is 30.3 Å². The van der Waals surface area contributed by atoms with Crippen molar-refractivity contribution in [2.24, 2.45) is 0 Å². The van der Waals surface area contributed by atoms with E-state index < -0.39 is 12.7 Å². The smallest absolute Gasteiger partial charge is 0.308 e. The monoisotopic (exact) mass is 235 g/mol. The fourth-order valence-corrected chi connectivity index (χ4v) is 1.82. The van der Waals surface area contributed by atoms with Gasteiger partial charge in [-0.3, -0.25) is 0 Å². The highest BCUT2D eigenvalue weighted by Crippen LogP contribution is 2.16. The van der Waals surface area contributed by atoms with Gasteiger partial charge in [-0.15, -0.1) is 11.8 Å². The number of benzene rings is 1. The van der Waals surface area contributed by atoms with Gasteiger partial charge < -0.3 is 5.32 Å². The number of hydrogen-bond acceptors (Lipinski definition) is 2. The van der Waals surface area contributed by atoms with E-state index in [0.717, 1.165) is 4.90 Å². The second-order valence-electron chi connectivity index (χ2n) is 2.95. The molecule has 1 rings (SSSR count). The van der Waals surface area contributed by atoms with Crippen LogP contribution in [0.5, 0.6) is 0 Å². The molecule has 0 saturated carbocycles. The predicted octanol–water partition coefficient (Wildman–Crippen LogP) is 2.93. The normalized spacial score (nSPS) is 11.7. The summed E-state index contributed by atoms with van der Waals surface area (Å²) in [7, 11) is 0. The topological polar surface area (TPSA) is 12.0 Å². The molecule has 0 unspecified atom stereocenters. The Bertz CT molecular complexity index is 274. The summed E-state index contributed by atoms with van der Waals surface area (Å²) >= 11 is 1.54. The van der Waals surface area contributed by atoms with Crippen molar-refractivity contribution in [3.63, 3.8) is 0 Å². The van der Waals surface area contributed by atoms with Crippen LogP contribution in [-0.4, -0.2) is 25.0 Å². The average molecular weight is 235 g/mol. The van der Waals surface area contributed by atoms with Crippen LogP contribution in [0, 0.1) is 0 Å². The van der Waals surface area contributed by atoms with Gasteiger partial charge in [0, 0.05) is 17.2 Å². The summed E-state index contributed by atoms with van der Waals surface area (Å²) in [5, 5.41) is 2.35. The van der Waals surface area contributed by atoms with E-state index in [-0.39, 0.29) is 0 Å². The van der Waals surface area contributed by atoms with Gasteiger partial charge in [-0.25, -0.2) is 0 Å². The van der Waals surface area contributed by atoms with Crippen LogP contribution in [0.15, 0.2) is 35.2 Å². The Kier molecular flexibility index (Phi) is 4.98. The molecule has 1 aromatic rings. The summed E-state index contributed by atoms with van der Waals surface area (Å²) in [6, 6.07) is 9.60. The van der Waals surface area contributed by atoms with Crippen LogP contribution in [0.1, 0.15) is 0 Å². The zero-order valence-corrected chi connectivity index (χ0v) is 8.87. The fourth-order valence-electron chi connectivity index (χ4n) is 0.988. The molecule has 5 heteroatoms. The zero-order valence-electron chi connectivity index (χ0n) is 8.05. The standard InChI is InChI=1S/C10H12F3NS/c11-10(12,13)8-14-6-7-15-9-4-2-1-3-5-9/h1-5,14H,6-8H2. The molecule has 0 heterocycles. The maximum Gasteiger partial charge on any atom is 0.401 e. The second kappa shape index (κ2) is 6.02. The molecule has 0 aliphatic rings. The van der Waals surface area contributed by atoms with Gasteiger partial charge in [-0.1, -0.05) is 18.2 Å². The molecule has 0 aromatic heterocycles. The first-order chi connectivity index (χ1) is 7.08. The van der Waals surface area contributed by atoms with Crippen LogP contribution in [0.2, 0.25) is 0 Å². The highest BCUT2D eigenvalue weighted by Gasteiger charge is 2.25. The van der Waals surface area contributed by atoms with Gasteiger partial charge in [0.15, 0.2) is 0 Å². The number of thioether (sulfide) groups is 1. The number of rotatable bonds is 5. The van der Waals surface area contributed by atoms with Crippen LogP contribution >= 0.6 is 11.8 Å². The lowest BCUT2D eigenvalue weighted by molar-refractivity contribution is -0.124. The van der Waals surface area contributed by atoms with Crippen molar-refractivity contribution in [2.75, 3.05) is 18.8 Å². The van der Waals surface area contributed by atoms with Crippen molar-refractivity contribution >= 4 is 11.8 Å². The van der Waals surface area contributed by atoms with E-state index in [0.29, 0.717) is 12.3 Å².